The molecule has 0 atom stereocenters. The summed E-state index contributed by atoms with van der Waals surface area (Å²) in [5, 5.41) is 5.53. The molecule has 2 aromatic rings. The van der Waals surface area contributed by atoms with Crippen molar-refractivity contribution in [1.82, 2.24) is 0 Å². The van der Waals surface area contributed by atoms with E-state index in [-0.39, 0.29) is 11.8 Å². The van der Waals surface area contributed by atoms with Crippen LogP contribution in [0.4, 0.5) is 11.4 Å². The van der Waals surface area contributed by atoms with Gasteiger partial charge in [0.25, 0.3) is 0 Å². The van der Waals surface area contributed by atoms with E-state index in [1.807, 2.05) is 30.3 Å². The number of benzene rings is 2. The number of halogens is 1. The van der Waals surface area contributed by atoms with E-state index in [4.69, 9.17) is 0 Å². The largest absolute Gasteiger partial charge is 0.326 e. The number of carbonyl (C=O) groups is 2. The highest BCUT2D eigenvalue weighted by atomic mass is 79.9. The number of amides is 2. The van der Waals surface area contributed by atoms with Crippen LogP contribution in [0.2, 0.25) is 0 Å². The number of hydrogen-bond acceptors (Lipinski definition) is 2. The molecular formula is C36H47BrN2O2. The molecule has 2 aromatic carbocycles. The van der Waals surface area contributed by atoms with Crippen molar-refractivity contribution in [1.29, 1.82) is 0 Å². The summed E-state index contributed by atoms with van der Waals surface area (Å²) in [4.78, 5) is 21.6. The normalized spacial score (nSPS) is 36.9. The monoisotopic (exact) mass is 618 g/mol. The Morgan fingerprint density at radius 1 is 0.585 bits per heavy atom. The fraction of sp³-hybridized carbons (Fsp3) is 0.611. The van der Waals surface area contributed by atoms with Gasteiger partial charge in [0.1, 0.15) is 0 Å². The molecule has 4 nitrogen and oxygen atoms in total. The molecule has 0 heterocycles. The number of anilines is 2. The number of carbonyl (C=O) groups excluding carboxylic acids is 2. The zero-order valence-corrected chi connectivity index (χ0v) is 26.4. The summed E-state index contributed by atoms with van der Waals surface area (Å²) in [6, 6.07) is 18.0. The van der Waals surface area contributed by atoms with E-state index in [9.17, 15) is 9.59 Å². The fourth-order valence-corrected chi connectivity index (χ4v) is 11.7. The van der Waals surface area contributed by atoms with Crippen LogP contribution in [0, 0.1) is 35.5 Å². The first-order valence-electron chi connectivity index (χ1n) is 16.0. The minimum atomic E-state index is -0.0359. The minimum absolute atomic E-state index is 0.00699. The second-order valence-electron chi connectivity index (χ2n) is 14.6. The Kier molecular flexibility index (Phi) is 8.38. The van der Waals surface area contributed by atoms with E-state index in [0.29, 0.717) is 9.74 Å². The Hall–Kier alpha value is -2.14. The summed E-state index contributed by atoms with van der Waals surface area (Å²) in [7, 11) is 0. The lowest BCUT2D eigenvalue weighted by molar-refractivity contribution is -0.115. The van der Waals surface area contributed by atoms with E-state index < -0.39 is 0 Å². The van der Waals surface area contributed by atoms with Crippen LogP contribution < -0.4 is 10.6 Å². The van der Waals surface area contributed by atoms with Gasteiger partial charge in [0.15, 0.2) is 0 Å². The van der Waals surface area contributed by atoms with Crippen LogP contribution in [0.5, 0.6) is 0 Å². The summed E-state index contributed by atoms with van der Waals surface area (Å²) in [6.07, 6.45) is 17.8. The maximum Gasteiger partial charge on any atom is 0.221 e. The van der Waals surface area contributed by atoms with Crippen LogP contribution in [0.3, 0.4) is 0 Å². The smallest absolute Gasteiger partial charge is 0.221 e. The van der Waals surface area contributed by atoms with Gasteiger partial charge in [-0.05, 0) is 148 Å². The van der Waals surface area contributed by atoms with Gasteiger partial charge in [-0.3, -0.25) is 9.59 Å². The molecule has 8 aliphatic carbocycles. The van der Waals surface area contributed by atoms with Crippen LogP contribution in [-0.2, 0) is 15.0 Å². The van der Waals surface area contributed by atoms with Crippen molar-refractivity contribution in [2.24, 2.45) is 35.5 Å². The molecule has 0 radical (unpaired) electrons. The minimum Gasteiger partial charge on any atom is -0.326 e. The first-order chi connectivity index (χ1) is 19.7. The summed E-state index contributed by atoms with van der Waals surface area (Å²) >= 11 is 3.96. The van der Waals surface area contributed by atoms with Gasteiger partial charge >= 0.3 is 0 Å². The van der Waals surface area contributed by atoms with Crippen molar-refractivity contribution in [2.75, 3.05) is 10.6 Å². The highest BCUT2D eigenvalue weighted by Crippen LogP contribution is 2.61. The van der Waals surface area contributed by atoms with Gasteiger partial charge in [-0.1, -0.05) is 46.3 Å². The van der Waals surface area contributed by atoms with Gasteiger partial charge in [0.2, 0.25) is 11.8 Å². The van der Waals surface area contributed by atoms with E-state index in [0.717, 1.165) is 46.9 Å². The summed E-state index contributed by atoms with van der Waals surface area (Å²) in [5.74, 6) is 6.21. The summed E-state index contributed by atoms with van der Waals surface area (Å²) in [5.41, 5.74) is 3.75. The zero-order chi connectivity index (χ0) is 28.6. The topological polar surface area (TPSA) is 58.2 Å². The maximum absolute atomic E-state index is 11.1. The first kappa shape index (κ1) is 29.0. The molecule has 0 spiro atoms. The quantitative estimate of drug-likeness (QED) is 0.337. The second-order valence-corrected chi connectivity index (χ2v) is 16.3. The van der Waals surface area contributed by atoms with Crippen molar-refractivity contribution in [3.05, 3.63) is 60.2 Å². The Labute approximate surface area is 255 Å². The van der Waals surface area contributed by atoms with Gasteiger partial charge in [0.05, 0.1) is 0 Å². The molecular weight excluding hydrogens is 572 g/mol. The lowest BCUT2D eigenvalue weighted by Gasteiger charge is -2.57. The molecule has 41 heavy (non-hydrogen) atoms. The Balaban J connectivity index is 0.000000122. The highest BCUT2D eigenvalue weighted by molar-refractivity contribution is 9.10. The predicted molar refractivity (Wildman–Crippen MR) is 171 cm³/mol. The lowest BCUT2D eigenvalue weighted by atomic mass is 9.48. The van der Waals surface area contributed by atoms with Gasteiger partial charge in [0, 0.05) is 29.5 Å². The number of nitrogens with one attached hydrogen (secondary N) is 2. The van der Waals surface area contributed by atoms with Crippen LogP contribution in [0.15, 0.2) is 54.6 Å². The third kappa shape index (κ3) is 6.92. The van der Waals surface area contributed by atoms with Crippen LogP contribution in [-0.4, -0.2) is 16.1 Å². The van der Waals surface area contributed by atoms with E-state index in [2.05, 4.69) is 50.8 Å². The molecule has 0 unspecified atom stereocenters. The molecule has 10 rings (SSSR count). The molecule has 2 amide bonds. The average Bonchev–Trinajstić information content (AvgIpc) is 2.88. The Morgan fingerprint density at radius 3 is 1.32 bits per heavy atom. The molecule has 5 heteroatoms. The van der Waals surface area contributed by atoms with Crippen molar-refractivity contribution in [3.8, 4) is 0 Å². The van der Waals surface area contributed by atoms with Gasteiger partial charge in [-0.2, -0.15) is 0 Å². The fourth-order valence-electron chi connectivity index (χ4n) is 10.3. The number of para-hydroxylation sites is 1. The number of rotatable bonds is 3. The predicted octanol–water partition coefficient (Wildman–Crippen LogP) is 9.11. The maximum atomic E-state index is 11.1. The van der Waals surface area contributed by atoms with E-state index in [1.165, 1.54) is 70.3 Å². The summed E-state index contributed by atoms with van der Waals surface area (Å²) in [6.45, 7) is 3.06. The van der Waals surface area contributed by atoms with Gasteiger partial charge < -0.3 is 10.6 Å². The molecule has 2 N–H and O–H groups in total. The zero-order valence-electron chi connectivity index (χ0n) is 24.8. The third-order valence-corrected chi connectivity index (χ3v) is 11.9. The second kappa shape index (κ2) is 11.9. The van der Waals surface area contributed by atoms with Gasteiger partial charge in [-0.15, -0.1) is 0 Å². The first-order valence-corrected chi connectivity index (χ1v) is 16.8. The average molecular weight is 620 g/mol. The van der Waals surface area contributed by atoms with Crippen molar-refractivity contribution in [3.63, 3.8) is 0 Å². The Bertz CT molecular complexity index is 1150. The van der Waals surface area contributed by atoms with Crippen molar-refractivity contribution < 1.29 is 9.59 Å². The molecule has 220 valence electrons. The Morgan fingerprint density at radius 2 is 0.951 bits per heavy atom. The van der Waals surface area contributed by atoms with E-state index in [1.54, 1.807) is 26.2 Å². The molecule has 8 saturated carbocycles. The molecule has 0 saturated heterocycles. The van der Waals surface area contributed by atoms with Crippen LogP contribution in [0.1, 0.15) is 96.5 Å². The lowest BCUT2D eigenvalue weighted by Crippen LogP contribution is -2.48. The van der Waals surface area contributed by atoms with Crippen molar-refractivity contribution >= 4 is 39.1 Å². The standard InChI is InChI=1S/C18H23NO.C10H15Br.C8H9NO/c1-12(20)19-17-4-2-16(3-5-17)18-9-13-6-14(10-18)8-15(7-13)11-18;11-10-4-7-1-8(5-10)3-9(2-7)6-10;1-7(10)9-8-5-3-2-4-6-8/h2-5,13-15H,6-11H2,1H3,(H,19,20);7-9H,1-6H2;2-6H,1H3,(H,9,10). The van der Waals surface area contributed by atoms with Crippen molar-refractivity contribution in [2.45, 2.75) is 101 Å². The number of hydrogen-bond donors (Lipinski definition) is 2. The molecule has 8 aliphatic rings. The third-order valence-electron chi connectivity index (χ3n) is 10.9. The van der Waals surface area contributed by atoms with Crippen LogP contribution >= 0.6 is 15.9 Å². The van der Waals surface area contributed by atoms with Crippen LogP contribution in [0.25, 0.3) is 0 Å². The highest BCUT2D eigenvalue weighted by Gasteiger charge is 2.51. The summed E-state index contributed by atoms with van der Waals surface area (Å²) < 4.78 is 0.613. The SMILES string of the molecule is BrC12CC3CC(CC(C3)C1)C2.CC(=O)Nc1ccc(C23CC4CC(CC(C4)C2)C3)cc1.CC(=O)Nc1ccccc1. The number of alkyl halides is 1. The van der Waals surface area contributed by atoms with Gasteiger partial charge in [-0.25, -0.2) is 0 Å². The van der Waals surface area contributed by atoms with E-state index >= 15 is 0 Å². The molecule has 8 fully saturated rings. The molecule has 8 bridgehead atoms. The molecule has 0 aliphatic heterocycles. The molecule has 0 aromatic heterocycles.